The van der Waals surface area contributed by atoms with Crippen LogP contribution in [0.15, 0.2) is 30.7 Å². The van der Waals surface area contributed by atoms with Crippen LogP contribution in [0.25, 0.3) is 0 Å². The van der Waals surface area contributed by atoms with E-state index >= 15 is 0 Å². The second-order valence-electron chi connectivity index (χ2n) is 5.12. The SMILES string of the molecule is CCn1cc(C(O)C2CCCc3cccnc32)cn1. The summed E-state index contributed by atoms with van der Waals surface area (Å²) in [5, 5.41) is 14.9. The highest BCUT2D eigenvalue weighted by Gasteiger charge is 2.29. The smallest absolute Gasteiger partial charge is 0.0904 e. The highest BCUT2D eigenvalue weighted by atomic mass is 16.3. The number of hydrogen-bond acceptors (Lipinski definition) is 3. The molecule has 3 rings (SSSR count). The lowest BCUT2D eigenvalue weighted by Gasteiger charge is -2.27. The van der Waals surface area contributed by atoms with Gasteiger partial charge in [0.2, 0.25) is 0 Å². The molecule has 0 fully saturated rings. The first kappa shape index (κ1) is 12.4. The molecule has 1 aliphatic rings. The molecule has 0 amide bonds. The Hall–Kier alpha value is -1.68. The molecule has 2 aromatic rings. The van der Waals surface area contributed by atoms with Crippen molar-refractivity contribution in [2.45, 2.75) is 44.8 Å². The van der Waals surface area contributed by atoms with Gasteiger partial charge in [-0.25, -0.2) is 0 Å². The third kappa shape index (κ3) is 2.28. The molecule has 0 bridgehead atoms. The van der Waals surface area contributed by atoms with Crippen LogP contribution in [-0.4, -0.2) is 19.9 Å². The Morgan fingerprint density at radius 3 is 3.21 bits per heavy atom. The number of aryl methyl sites for hydroxylation is 2. The standard InChI is InChI=1S/C15H19N3O/c1-2-18-10-12(9-17-18)15(19)13-7-3-5-11-6-4-8-16-14(11)13/h4,6,8-10,13,15,19H,2-3,5,7H2,1H3. The van der Waals surface area contributed by atoms with Gasteiger partial charge in [0.15, 0.2) is 0 Å². The highest BCUT2D eigenvalue weighted by molar-refractivity contribution is 5.29. The Morgan fingerprint density at radius 2 is 2.42 bits per heavy atom. The number of aliphatic hydroxyl groups excluding tert-OH is 1. The Balaban J connectivity index is 1.90. The van der Waals surface area contributed by atoms with E-state index in [-0.39, 0.29) is 5.92 Å². The number of nitrogens with zero attached hydrogens (tertiary/aromatic N) is 3. The summed E-state index contributed by atoms with van der Waals surface area (Å²) in [6.45, 7) is 2.87. The lowest BCUT2D eigenvalue weighted by molar-refractivity contribution is 0.134. The van der Waals surface area contributed by atoms with E-state index in [9.17, 15) is 5.11 Å². The Kier molecular flexibility index (Phi) is 3.34. The van der Waals surface area contributed by atoms with Gasteiger partial charge in [0.25, 0.3) is 0 Å². The van der Waals surface area contributed by atoms with Crippen molar-refractivity contribution in [2.24, 2.45) is 0 Å². The van der Waals surface area contributed by atoms with Crippen molar-refractivity contribution in [3.63, 3.8) is 0 Å². The largest absolute Gasteiger partial charge is 0.388 e. The molecule has 0 radical (unpaired) electrons. The summed E-state index contributed by atoms with van der Waals surface area (Å²) < 4.78 is 1.85. The van der Waals surface area contributed by atoms with Crippen molar-refractivity contribution < 1.29 is 5.11 Å². The first-order valence-electron chi connectivity index (χ1n) is 6.93. The topological polar surface area (TPSA) is 50.9 Å². The predicted octanol–water partition coefficient (Wildman–Crippen LogP) is 2.45. The zero-order valence-corrected chi connectivity index (χ0v) is 11.2. The summed E-state index contributed by atoms with van der Waals surface area (Å²) >= 11 is 0. The summed E-state index contributed by atoms with van der Waals surface area (Å²) in [4.78, 5) is 4.49. The Labute approximate surface area is 113 Å². The molecule has 2 unspecified atom stereocenters. The van der Waals surface area contributed by atoms with Crippen molar-refractivity contribution >= 4 is 0 Å². The monoisotopic (exact) mass is 257 g/mol. The van der Waals surface area contributed by atoms with Gasteiger partial charge in [-0.05, 0) is 37.8 Å². The van der Waals surface area contributed by atoms with E-state index < -0.39 is 6.10 Å². The van der Waals surface area contributed by atoms with E-state index in [0.29, 0.717) is 0 Å². The van der Waals surface area contributed by atoms with Crippen LogP contribution in [0.3, 0.4) is 0 Å². The van der Waals surface area contributed by atoms with E-state index in [2.05, 4.69) is 16.1 Å². The molecule has 0 spiro atoms. The first-order chi connectivity index (χ1) is 9.29. The number of hydrogen-bond donors (Lipinski definition) is 1. The van der Waals surface area contributed by atoms with Crippen LogP contribution in [-0.2, 0) is 13.0 Å². The van der Waals surface area contributed by atoms with Gasteiger partial charge in [0, 0.05) is 36.1 Å². The molecule has 0 aliphatic heterocycles. The predicted molar refractivity (Wildman–Crippen MR) is 72.8 cm³/mol. The van der Waals surface area contributed by atoms with Crippen LogP contribution in [0.2, 0.25) is 0 Å². The molecule has 0 aromatic carbocycles. The van der Waals surface area contributed by atoms with E-state index in [0.717, 1.165) is 37.1 Å². The molecule has 1 N–H and O–H groups in total. The molecule has 4 heteroatoms. The average Bonchev–Trinajstić information content (AvgIpc) is 2.95. The van der Waals surface area contributed by atoms with Crippen molar-refractivity contribution in [1.29, 1.82) is 0 Å². The first-order valence-corrected chi connectivity index (χ1v) is 6.93. The van der Waals surface area contributed by atoms with E-state index in [4.69, 9.17) is 0 Å². The summed E-state index contributed by atoms with van der Waals surface area (Å²) in [6.07, 6.45) is 8.19. The molecule has 2 aromatic heterocycles. The van der Waals surface area contributed by atoms with Gasteiger partial charge in [-0.3, -0.25) is 9.67 Å². The van der Waals surface area contributed by atoms with Crippen LogP contribution in [0.1, 0.15) is 48.6 Å². The minimum Gasteiger partial charge on any atom is -0.388 e. The second kappa shape index (κ2) is 5.13. The molecule has 100 valence electrons. The van der Waals surface area contributed by atoms with Crippen LogP contribution < -0.4 is 0 Å². The number of rotatable bonds is 3. The minimum atomic E-state index is -0.505. The molecule has 1 aliphatic carbocycles. The van der Waals surface area contributed by atoms with Gasteiger partial charge >= 0.3 is 0 Å². The fourth-order valence-corrected chi connectivity index (χ4v) is 2.89. The summed E-state index contributed by atoms with van der Waals surface area (Å²) in [5.41, 5.74) is 3.23. The fourth-order valence-electron chi connectivity index (χ4n) is 2.89. The number of aromatic nitrogens is 3. The Morgan fingerprint density at radius 1 is 1.53 bits per heavy atom. The highest BCUT2D eigenvalue weighted by Crippen LogP contribution is 2.38. The Bertz CT molecular complexity index is 564. The summed E-state index contributed by atoms with van der Waals surface area (Å²) in [5.74, 6) is 0.0967. The summed E-state index contributed by atoms with van der Waals surface area (Å²) in [7, 11) is 0. The number of fused-ring (bicyclic) bond motifs is 1. The summed E-state index contributed by atoms with van der Waals surface area (Å²) in [6, 6.07) is 4.10. The molecule has 0 saturated heterocycles. The molecule has 19 heavy (non-hydrogen) atoms. The molecular weight excluding hydrogens is 238 g/mol. The van der Waals surface area contributed by atoms with Crippen LogP contribution in [0.5, 0.6) is 0 Å². The second-order valence-corrected chi connectivity index (χ2v) is 5.12. The zero-order chi connectivity index (χ0) is 13.2. The zero-order valence-electron chi connectivity index (χ0n) is 11.2. The molecule has 0 saturated carbocycles. The quantitative estimate of drug-likeness (QED) is 0.919. The molecule has 2 atom stereocenters. The van der Waals surface area contributed by atoms with Crippen LogP contribution in [0.4, 0.5) is 0 Å². The van der Waals surface area contributed by atoms with Gasteiger partial charge in [-0.2, -0.15) is 5.10 Å². The average molecular weight is 257 g/mol. The van der Waals surface area contributed by atoms with Crippen LogP contribution >= 0.6 is 0 Å². The molecular formula is C15H19N3O. The maximum Gasteiger partial charge on any atom is 0.0904 e. The molecule has 2 heterocycles. The third-order valence-electron chi connectivity index (χ3n) is 3.94. The van der Waals surface area contributed by atoms with Crippen molar-refractivity contribution in [3.8, 4) is 0 Å². The van der Waals surface area contributed by atoms with E-state index in [1.165, 1.54) is 5.56 Å². The van der Waals surface area contributed by atoms with E-state index in [1.54, 1.807) is 6.20 Å². The van der Waals surface area contributed by atoms with Gasteiger partial charge in [0.1, 0.15) is 0 Å². The van der Waals surface area contributed by atoms with E-state index in [1.807, 2.05) is 30.1 Å². The third-order valence-corrected chi connectivity index (χ3v) is 3.94. The minimum absolute atomic E-state index is 0.0967. The van der Waals surface area contributed by atoms with Gasteiger partial charge in [0.05, 0.1) is 12.3 Å². The van der Waals surface area contributed by atoms with Gasteiger partial charge in [-0.15, -0.1) is 0 Å². The number of aliphatic hydroxyl groups is 1. The number of pyridine rings is 1. The maximum absolute atomic E-state index is 10.6. The van der Waals surface area contributed by atoms with Crippen molar-refractivity contribution in [2.75, 3.05) is 0 Å². The fraction of sp³-hybridized carbons (Fsp3) is 0.467. The van der Waals surface area contributed by atoms with Crippen molar-refractivity contribution in [1.82, 2.24) is 14.8 Å². The van der Waals surface area contributed by atoms with Crippen molar-refractivity contribution in [3.05, 3.63) is 47.5 Å². The lowest BCUT2D eigenvalue weighted by atomic mass is 9.81. The van der Waals surface area contributed by atoms with Gasteiger partial charge in [-0.1, -0.05) is 6.07 Å². The normalized spacial score (nSPS) is 20.0. The van der Waals surface area contributed by atoms with Crippen LogP contribution in [0, 0.1) is 0 Å². The maximum atomic E-state index is 10.6. The molecule has 4 nitrogen and oxygen atoms in total. The van der Waals surface area contributed by atoms with Gasteiger partial charge < -0.3 is 5.11 Å². The lowest BCUT2D eigenvalue weighted by Crippen LogP contribution is -2.18.